The van der Waals surface area contributed by atoms with Crippen LogP contribution < -0.4 is 0 Å². The van der Waals surface area contributed by atoms with Crippen LogP contribution in [-0.2, 0) is 30.1 Å². The number of aliphatic hydroxyl groups is 2. The summed E-state index contributed by atoms with van der Waals surface area (Å²) in [6, 6.07) is -2.13. The van der Waals surface area contributed by atoms with E-state index < -0.39 is 152 Å². The van der Waals surface area contributed by atoms with Gasteiger partial charge in [0.15, 0.2) is 0 Å². The van der Waals surface area contributed by atoms with Crippen molar-refractivity contribution >= 4 is 0 Å². The van der Waals surface area contributed by atoms with Crippen LogP contribution in [0.4, 0.5) is 105 Å². The third kappa shape index (κ3) is 10.4. The van der Waals surface area contributed by atoms with Crippen LogP contribution in [-0.4, -0.2) is 110 Å². The van der Waals surface area contributed by atoms with Gasteiger partial charge in [-0.15, -0.1) is 0 Å². The second kappa shape index (κ2) is 17.4. The molecule has 2 N–H and O–H groups in total. The van der Waals surface area contributed by atoms with Gasteiger partial charge in [0.05, 0.1) is 25.9 Å². The molecule has 0 fully saturated rings. The largest absolute Gasteiger partial charge is 0.430 e. The summed E-state index contributed by atoms with van der Waals surface area (Å²) in [6.45, 7) is -6.55. The van der Waals surface area contributed by atoms with Gasteiger partial charge in [0, 0.05) is 24.7 Å². The maximum atomic E-state index is 14.4. The molecule has 1 aromatic carbocycles. The summed E-state index contributed by atoms with van der Waals surface area (Å²) in [6.07, 6.45) is -67.2. The van der Waals surface area contributed by atoms with Gasteiger partial charge >= 0.3 is 49.4 Å². The summed E-state index contributed by atoms with van der Waals surface area (Å²) in [4.78, 5) is 0. The van der Waals surface area contributed by atoms with Gasteiger partial charge < -0.3 is 29.2 Å². The van der Waals surface area contributed by atoms with Crippen molar-refractivity contribution < 1.29 is 135 Å². The highest BCUT2D eigenvalue weighted by atomic mass is 19.4. The van der Waals surface area contributed by atoms with Crippen molar-refractivity contribution in [1.82, 2.24) is 0 Å². The van der Waals surface area contributed by atoms with Crippen molar-refractivity contribution in [2.24, 2.45) is 0 Å². The predicted molar refractivity (Wildman–Crippen MR) is 145 cm³/mol. The Kier molecular flexibility index (Phi) is 16.0. The molecule has 0 bridgehead atoms. The van der Waals surface area contributed by atoms with E-state index in [1.54, 1.807) is 0 Å². The third-order valence-corrected chi connectivity index (χ3v) is 8.09. The zero-order chi connectivity index (χ0) is 46.9. The van der Waals surface area contributed by atoms with Gasteiger partial charge in [-0.25, -0.2) is 0 Å². The van der Waals surface area contributed by atoms with E-state index in [2.05, 4.69) is 18.9 Å². The van der Waals surface area contributed by atoms with E-state index in [1.165, 1.54) is 0 Å². The summed E-state index contributed by atoms with van der Waals surface area (Å²) in [5.41, 5.74) is -29.0. The summed E-state index contributed by atoms with van der Waals surface area (Å²) in [5, 5.41) is 19.5. The Balaban J connectivity index is 3.91. The monoisotopic (exact) mass is 926 g/mol. The van der Waals surface area contributed by atoms with Crippen molar-refractivity contribution in [3.8, 4) is 0 Å². The Labute approximate surface area is 313 Å². The van der Waals surface area contributed by atoms with E-state index in [0.717, 1.165) is 6.92 Å². The first-order valence-electron chi connectivity index (χ1n) is 15.2. The molecular formula is C29H26F24O6. The molecule has 0 saturated carbocycles. The SMILES string of the molecule is CCC(O)COC(c1cccc(C(OCC(O)COC(C/C=C/C(OC)(C(F)(F)F)C(F)(F)F)(C(F)(F)F)C(F)(F)F)(C(F)(F)F)C(F)(F)F)c1)(C(F)(F)F)C(F)(F)F. The zero-order valence-electron chi connectivity index (χ0n) is 28.8. The predicted octanol–water partition coefficient (Wildman–Crippen LogP) is 9.83. The number of halogens is 24. The van der Waals surface area contributed by atoms with Gasteiger partial charge in [-0.3, -0.25) is 0 Å². The Bertz CT molecular complexity index is 1470. The van der Waals surface area contributed by atoms with E-state index in [1.807, 2.05) is 0 Å². The van der Waals surface area contributed by atoms with Crippen LogP contribution in [0.25, 0.3) is 0 Å². The molecule has 2 atom stereocenters. The van der Waals surface area contributed by atoms with Crippen LogP contribution in [0.15, 0.2) is 36.4 Å². The summed E-state index contributed by atoms with van der Waals surface area (Å²) in [7, 11) is -0.327. The lowest BCUT2D eigenvalue weighted by molar-refractivity contribution is -0.397. The molecule has 1 aromatic rings. The van der Waals surface area contributed by atoms with Crippen LogP contribution >= 0.6 is 0 Å². The second-order valence-corrected chi connectivity index (χ2v) is 11.9. The fourth-order valence-corrected chi connectivity index (χ4v) is 4.93. The Morgan fingerprint density at radius 3 is 1.14 bits per heavy atom. The molecule has 2 unspecified atom stereocenters. The zero-order valence-corrected chi connectivity index (χ0v) is 28.8. The number of hydrogen-bond donors (Lipinski definition) is 2. The molecular weight excluding hydrogens is 900 g/mol. The summed E-state index contributed by atoms with van der Waals surface area (Å²) >= 11 is 0. The second-order valence-electron chi connectivity index (χ2n) is 11.9. The molecule has 0 aliphatic heterocycles. The van der Waals surface area contributed by atoms with Crippen molar-refractivity contribution in [2.45, 2.75) is 104 Å². The quantitative estimate of drug-likeness (QED) is 0.127. The average molecular weight is 926 g/mol. The van der Waals surface area contributed by atoms with Crippen LogP contribution in [0.2, 0.25) is 0 Å². The number of benzene rings is 1. The number of rotatable bonds is 16. The molecule has 59 heavy (non-hydrogen) atoms. The topological polar surface area (TPSA) is 77.4 Å². The first-order valence-corrected chi connectivity index (χ1v) is 15.2. The minimum Gasteiger partial charge on any atom is -0.391 e. The highest BCUT2D eigenvalue weighted by Crippen LogP contribution is 2.57. The lowest BCUT2D eigenvalue weighted by Gasteiger charge is -2.41. The Hall–Kier alpha value is -2.96. The van der Waals surface area contributed by atoms with E-state index in [-0.39, 0.29) is 19.2 Å². The van der Waals surface area contributed by atoms with Crippen LogP contribution in [0.1, 0.15) is 30.9 Å². The molecule has 0 aromatic heterocycles. The molecule has 30 heteroatoms. The van der Waals surface area contributed by atoms with Gasteiger partial charge in [0.25, 0.3) is 22.4 Å². The van der Waals surface area contributed by atoms with Crippen molar-refractivity contribution in [3.05, 3.63) is 47.5 Å². The van der Waals surface area contributed by atoms with Gasteiger partial charge in [0.1, 0.15) is 6.10 Å². The average Bonchev–Trinajstić information content (AvgIpc) is 3.00. The number of hydrogen-bond acceptors (Lipinski definition) is 6. The molecule has 0 heterocycles. The first-order chi connectivity index (χ1) is 26.0. The number of ether oxygens (including phenoxy) is 4. The summed E-state index contributed by atoms with van der Waals surface area (Å²) < 4.78 is 348. The maximum Gasteiger partial charge on any atom is 0.430 e. The summed E-state index contributed by atoms with van der Waals surface area (Å²) in [5.74, 6) is 0. The molecule has 0 amide bonds. The van der Waals surface area contributed by atoms with Crippen molar-refractivity contribution in [3.63, 3.8) is 0 Å². The third-order valence-electron chi connectivity index (χ3n) is 8.09. The standard InChI is InChI=1S/C29H26F24O6/c1-3-16(54)11-58-20(26(42,43)44,27(45,46)47)14-6-4-7-15(10-14)21(28(48,49)50,29(51,52)53)59-13-17(55)12-57-19(24(36,37)38,25(39,40)41)9-5-8-18(56-2,22(30,31)32)23(33,34)35/h4-8,10,16-17,54-55H,3,9,11-13H2,1-2H3/b8-5+. The maximum absolute atomic E-state index is 14.4. The number of aliphatic hydroxyl groups excluding tert-OH is 2. The molecule has 6 nitrogen and oxygen atoms in total. The Morgan fingerprint density at radius 1 is 0.508 bits per heavy atom. The fraction of sp³-hybridized carbons (Fsp3) is 0.724. The molecule has 0 aliphatic carbocycles. The van der Waals surface area contributed by atoms with E-state index >= 15 is 0 Å². The molecule has 0 radical (unpaired) electrons. The van der Waals surface area contributed by atoms with E-state index in [0.29, 0.717) is 0 Å². The molecule has 1 rings (SSSR count). The normalized spacial score (nSPS) is 16.5. The lowest BCUT2D eigenvalue weighted by atomic mass is 9.85. The molecule has 346 valence electrons. The van der Waals surface area contributed by atoms with E-state index in [4.69, 9.17) is 0 Å². The first kappa shape index (κ1) is 54.1. The minimum atomic E-state index is -7.12. The molecule has 0 spiro atoms. The van der Waals surface area contributed by atoms with Gasteiger partial charge in [-0.05, 0) is 18.6 Å². The van der Waals surface area contributed by atoms with Gasteiger partial charge in [-0.2, -0.15) is 105 Å². The van der Waals surface area contributed by atoms with E-state index in [9.17, 15) is 116 Å². The highest BCUT2D eigenvalue weighted by Gasteiger charge is 2.77. The smallest absolute Gasteiger partial charge is 0.391 e. The Morgan fingerprint density at radius 2 is 0.847 bits per heavy atom. The minimum absolute atomic E-state index is 0.268. The van der Waals surface area contributed by atoms with Crippen molar-refractivity contribution in [2.75, 3.05) is 26.9 Å². The number of methoxy groups -OCH3 is 1. The highest BCUT2D eigenvalue weighted by molar-refractivity contribution is 5.37. The van der Waals surface area contributed by atoms with Crippen LogP contribution in [0.3, 0.4) is 0 Å². The molecule has 0 saturated heterocycles. The van der Waals surface area contributed by atoms with Gasteiger partial charge in [-0.1, -0.05) is 31.2 Å². The number of alkyl halides is 24. The van der Waals surface area contributed by atoms with Crippen LogP contribution in [0, 0.1) is 0 Å². The lowest BCUT2D eigenvalue weighted by Crippen LogP contribution is -2.60. The molecule has 0 aliphatic rings. The van der Waals surface area contributed by atoms with Gasteiger partial charge in [0.2, 0.25) is 0 Å². The van der Waals surface area contributed by atoms with Crippen LogP contribution in [0.5, 0.6) is 0 Å². The fourth-order valence-electron chi connectivity index (χ4n) is 4.93. The van der Waals surface area contributed by atoms with Crippen molar-refractivity contribution in [1.29, 1.82) is 0 Å².